The topological polar surface area (TPSA) is 38.3 Å². The average Bonchev–Trinajstić information content (AvgIpc) is 2.47. The molecule has 110 valence electrons. The monoisotopic (exact) mass is 283 g/mol. The minimum Gasteiger partial charge on any atom is -0.497 e. The molecule has 3 nitrogen and oxygen atoms in total. The summed E-state index contributed by atoms with van der Waals surface area (Å²) in [6, 6.07) is 15.0. The summed E-state index contributed by atoms with van der Waals surface area (Å²) in [7, 11) is 1.60. The molecule has 21 heavy (non-hydrogen) atoms. The number of rotatable bonds is 3. The summed E-state index contributed by atoms with van der Waals surface area (Å²) >= 11 is 0. The standard InChI is InChI=1S/C18H21NO2/c1-18(2,3)14-6-5-7-15(12-14)19-17(20)13-8-10-16(21-4)11-9-13/h5-12H,1-4H3,(H,19,20). The highest BCUT2D eigenvalue weighted by atomic mass is 16.5. The zero-order chi connectivity index (χ0) is 15.5. The molecule has 0 spiro atoms. The van der Waals surface area contributed by atoms with Gasteiger partial charge in [0.05, 0.1) is 7.11 Å². The maximum absolute atomic E-state index is 12.2. The van der Waals surface area contributed by atoms with Crippen molar-refractivity contribution in [2.75, 3.05) is 12.4 Å². The maximum atomic E-state index is 12.2. The molecule has 0 heterocycles. The third kappa shape index (κ3) is 3.85. The van der Waals surface area contributed by atoms with E-state index in [1.807, 2.05) is 18.2 Å². The smallest absolute Gasteiger partial charge is 0.255 e. The van der Waals surface area contributed by atoms with E-state index in [-0.39, 0.29) is 11.3 Å². The first kappa shape index (κ1) is 15.1. The molecule has 0 fully saturated rings. The van der Waals surface area contributed by atoms with Crippen molar-refractivity contribution in [1.82, 2.24) is 0 Å². The predicted molar refractivity (Wildman–Crippen MR) is 86.1 cm³/mol. The fraction of sp³-hybridized carbons (Fsp3) is 0.278. The van der Waals surface area contributed by atoms with Crippen molar-refractivity contribution in [3.63, 3.8) is 0 Å². The van der Waals surface area contributed by atoms with Crippen LogP contribution in [0.1, 0.15) is 36.7 Å². The molecule has 0 atom stereocenters. The van der Waals surface area contributed by atoms with Crippen molar-refractivity contribution >= 4 is 11.6 Å². The van der Waals surface area contributed by atoms with Gasteiger partial charge in [-0.3, -0.25) is 4.79 Å². The van der Waals surface area contributed by atoms with Gasteiger partial charge in [0.1, 0.15) is 5.75 Å². The number of ether oxygens (including phenoxy) is 1. The number of nitrogens with one attached hydrogen (secondary N) is 1. The molecule has 0 saturated carbocycles. The molecule has 0 unspecified atom stereocenters. The number of amides is 1. The van der Waals surface area contributed by atoms with Crippen LogP contribution in [0.2, 0.25) is 0 Å². The van der Waals surface area contributed by atoms with Gasteiger partial charge in [-0.25, -0.2) is 0 Å². The van der Waals surface area contributed by atoms with E-state index >= 15 is 0 Å². The number of hydrogen-bond acceptors (Lipinski definition) is 2. The van der Waals surface area contributed by atoms with Crippen LogP contribution in [0.15, 0.2) is 48.5 Å². The normalized spacial score (nSPS) is 11.0. The third-order valence-electron chi connectivity index (χ3n) is 3.34. The van der Waals surface area contributed by atoms with Gasteiger partial charge in [-0.2, -0.15) is 0 Å². The number of methoxy groups -OCH3 is 1. The van der Waals surface area contributed by atoms with Crippen LogP contribution in [0, 0.1) is 0 Å². The third-order valence-corrected chi connectivity index (χ3v) is 3.34. The Labute approximate surface area is 126 Å². The number of benzene rings is 2. The van der Waals surface area contributed by atoms with E-state index in [1.54, 1.807) is 31.4 Å². The van der Waals surface area contributed by atoms with Gasteiger partial charge in [0, 0.05) is 11.3 Å². The highest BCUT2D eigenvalue weighted by Gasteiger charge is 2.14. The van der Waals surface area contributed by atoms with Crippen LogP contribution in [0.5, 0.6) is 5.75 Å². The van der Waals surface area contributed by atoms with Crippen molar-refractivity contribution in [2.24, 2.45) is 0 Å². The lowest BCUT2D eigenvalue weighted by molar-refractivity contribution is 0.102. The molecule has 0 aromatic heterocycles. The van der Waals surface area contributed by atoms with E-state index in [4.69, 9.17) is 4.74 Å². The Kier molecular flexibility index (Phi) is 4.32. The van der Waals surface area contributed by atoms with Crippen LogP contribution in [0.25, 0.3) is 0 Å². The fourth-order valence-corrected chi connectivity index (χ4v) is 2.01. The first-order valence-electron chi connectivity index (χ1n) is 6.96. The molecule has 0 bridgehead atoms. The van der Waals surface area contributed by atoms with Crippen LogP contribution in [-0.2, 0) is 5.41 Å². The van der Waals surface area contributed by atoms with E-state index in [2.05, 4.69) is 32.2 Å². The Morgan fingerprint density at radius 3 is 2.29 bits per heavy atom. The Hall–Kier alpha value is -2.29. The molecule has 3 heteroatoms. The van der Waals surface area contributed by atoms with Crippen molar-refractivity contribution < 1.29 is 9.53 Å². The van der Waals surface area contributed by atoms with Crippen LogP contribution >= 0.6 is 0 Å². The second kappa shape index (κ2) is 6.00. The molecule has 0 radical (unpaired) electrons. The van der Waals surface area contributed by atoms with E-state index in [0.29, 0.717) is 5.56 Å². The molecular weight excluding hydrogens is 262 g/mol. The van der Waals surface area contributed by atoms with Gasteiger partial charge in [-0.05, 0) is 47.4 Å². The largest absolute Gasteiger partial charge is 0.497 e. The van der Waals surface area contributed by atoms with E-state index in [9.17, 15) is 4.79 Å². The molecule has 2 aromatic carbocycles. The minimum absolute atomic E-state index is 0.0564. The zero-order valence-corrected chi connectivity index (χ0v) is 12.9. The fourth-order valence-electron chi connectivity index (χ4n) is 2.01. The molecule has 0 saturated heterocycles. The summed E-state index contributed by atoms with van der Waals surface area (Å²) in [5.74, 6) is 0.616. The Balaban J connectivity index is 2.15. The Bertz CT molecular complexity index is 624. The number of hydrogen-bond donors (Lipinski definition) is 1. The van der Waals surface area contributed by atoms with E-state index in [0.717, 1.165) is 11.4 Å². The van der Waals surface area contributed by atoms with Gasteiger partial charge in [0.2, 0.25) is 0 Å². The summed E-state index contributed by atoms with van der Waals surface area (Å²) < 4.78 is 5.09. The molecular formula is C18H21NO2. The summed E-state index contributed by atoms with van der Waals surface area (Å²) in [5.41, 5.74) is 2.66. The Morgan fingerprint density at radius 2 is 1.71 bits per heavy atom. The van der Waals surface area contributed by atoms with Crippen molar-refractivity contribution in [3.8, 4) is 5.75 Å². The average molecular weight is 283 g/mol. The van der Waals surface area contributed by atoms with Gasteiger partial charge >= 0.3 is 0 Å². The van der Waals surface area contributed by atoms with Crippen molar-refractivity contribution in [2.45, 2.75) is 26.2 Å². The molecule has 0 aliphatic carbocycles. The molecule has 1 amide bonds. The van der Waals surface area contributed by atoms with Gasteiger partial charge in [-0.15, -0.1) is 0 Å². The minimum atomic E-state index is -0.122. The van der Waals surface area contributed by atoms with Crippen LogP contribution in [-0.4, -0.2) is 13.0 Å². The Morgan fingerprint density at radius 1 is 1.05 bits per heavy atom. The summed E-state index contributed by atoms with van der Waals surface area (Å²) in [5, 5.41) is 2.93. The lowest BCUT2D eigenvalue weighted by Crippen LogP contribution is -2.14. The quantitative estimate of drug-likeness (QED) is 0.914. The van der Waals surface area contributed by atoms with Crippen LogP contribution in [0.4, 0.5) is 5.69 Å². The molecule has 0 aliphatic heterocycles. The van der Waals surface area contributed by atoms with Gasteiger partial charge in [0.25, 0.3) is 5.91 Å². The SMILES string of the molecule is COc1ccc(C(=O)Nc2cccc(C(C)(C)C)c2)cc1. The molecule has 0 aliphatic rings. The number of carbonyl (C=O) groups excluding carboxylic acids is 1. The van der Waals surface area contributed by atoms with Gasteiger partial charge in [0.15, 0.2) is 0 Å². The molecule has 2 rings (SSSR count). The van der Waals surface area contributed by atoms with E-state index in [1.165, 1.54) is 5.56 Å². The first-order chi connectivity index (χ1) is 9.90. The first-order valence-corrected chi connectivity index (χ1v) is 6.96. The second-order valence-corrected chi connectivity index (χ2v) is 6.01. The lowest BCUT2D eigenvalue weighted by atomic mass is 9.87. The number of anilines is 1. The zero-order valence-electron chi connectivity index (χ0n) is 12.9. The highest BCUT2D eigenvalue weighted by Crippen LogP contribution is 2.24. The maximum Gasteiger partial charge on any atom is 0.255 e. The molecule has 2 aromatic rings. The second-order valence-electron chi connectivity index (χ2n) is 6.01. The lowest BCUT2D eigenvalue weighted by Gasteiger charge is -2.19. The van der Waals surface area contributed by atoms with Crippen molar-refractivity contribution in [3.05, 3.63) is 59.7 Å². The van der Waals surface area contributed by atoms with Crippen LogP contribution < -0.4 is 10.1 Å². The molecule has 1 N–H and O–H groups in total. The predicted octanol–water partition coefficient (Wildman–Crippen LogP) is 4.25. The van der Waals surface area contributed by atoms with Gasteiger partial charge < -0.3 is 10.1 Å². The summed E-state index contributed by atoms with van der Waals surface area (Å²) in [6.07, 6.45) is 0. The van der Waals surface area contributed by atoms with Crippen LogP contribution in [0.3, 0.4) is 0 Å². The number of carbonyl (C=O) groups is 1. The van der Waals surface area contributed by atoms with Gasteiger partial charge in [-0.1, -0.05) is 32.9 Å². The summed E-state index contributed by atoms with van der Waals surface area (Å²) in [4.78, 5) is 12.2. The van der Waals surface area contributed by atoms with Crippen molar-refractivity contribution in [1.29, 1.82) is 0 Å². The highest BCUT2D eigenvalue weighted by molar-refractivity contribution is 6.04. The van der Waals surface area contributed by atoms with E-state index < -0.39 is 0 Å². The summed E-state index contributed by atoms with van der Waals surface area (Å²) in [6.45, 7) is 6.45.